The van der Waals surface area contributed by atoms with Gasteiger partial charge in [0.15, 0.2) is 5.16 Å². The first kappa shape index (κ1) is 16.9. The van der Waals surface area contributed by atoms with Crippen LogP contribution in [0.5, 0.6) is 0 Å². The number of furan rings is 1. The first-order valence-corrected chi connectivity index (χ1v) is 9.64. The van der Waals surface area contributed by atoms with E-state index in [4.69, 9.17) is 4.42 Å². The molecule has 1 aliphatic rings. The molecule has 6 nitrogen and oxygen atoms in total. The average molecular weight is 368 g/mol. The number of amides is 1. The van der Waals surface area contributed by atoms with Gasteiger partial charge in [0.25, 0.3) is 0 Å². The van der Waals surface area contributed by atoms with Crippen molar-refractivity contribution in [3.05, 3.63) is 60.3 Å². The Morgan fingerprint density at radius 2 is 2.19 bits per heavy atom. The molecule has 1 aliphatic heterocycles. The van der Waals surface area contributed by atoms with E-state index in [-0.39, 0.29) is 11.9 Å². The fourth-order valence-corrected chi connectivity index (χ4v) is 4.07. The predicted octanol–water partition coefficient (Wildman–Crippen LogP) is 3.38. The number of thioether (sulfide) groups is 1. The zero-order valence-electron chi connectivity index (χ0n) is 14.5. The van der Waals surface area contributed by atoms with E-state index in [0.717, 1.165) is 24.3 Å². The molecule has 0 aliphatic carbocycles. The van der Waals surface area contributed by atoms with Gasteiger partial charge in [-0.25, -0.2) is 0 Å². The van der Waals surface area contributed by atoms with Gasteiger partial charge in [-0.2, -0.15) is 0 Å². The van der Waals surface area contributed by atoms with Crippen molar-refractivity contribution in [2.75, 3.05) is 10.7 Å². The van der Waals surface area contributed by atoms with Crippen molar-refractivity contribution in [1.29, 1.82) is 0 Å². The second-order valence-corrected chi connectivity index (χ2v) is 7.33. The van der Waals surface area contributed by atoms with Gasteiger partial charge in [-0.1, -0.05) is 30.0 Å². The third-order valence-corrected chi connectivity index (χ3v) is 5.57. The molecule has 0 radical (unpaired) electrons. The molecule has 7 heteroatoms. The molecule has 1 unspecified atom stereocenters. The SMILES string of the molecule is CC1CCc2ccccc2N1C(=O)CSc1nncn1Cc1ccco1. The molecule has 0 saturated heterocycles. The molecule has 26 heavy (non-hydrogen) atoms. The minimum absolute atomic E-state index is 0.0993. The zero-order chi connectivity index (χ0) is 17.9. The smallest absolute Gasteiger partial charge is 0.237 e. The zero-order valence-corrected chi connectivity index (χ0v) is 15.4. The van der Waals surface area contributed by atoms with E-state index < -0.39 is 0 Å². The summed E-state index contributed by atoms with van der Waals surface area (Å²) in [5.41, 5.74) is 2.28. The van der Waals surface area contributed by atoms with Crippen LogP contribution < -0.4 is 4.90 Å². The molecule has 1 atom stereocenters. The Morgan fingerprint density at radius 1 is 1.31 bits per heavy atom. The van der Waals surface area contributed by atoms with Gasteiger partial charge >= 0.3 is 0 Å². The number of rotatable bonds is 5. The fourth-order valence-electron chi connectivity index (χ4n) is 3.30. The minimum Gasteiger partial charge on any atom is -0.467 e. The van der Waals surface area contributed by atoms with Gasteiger partial charge in [0.05, 0.1) is 18.6 Å². The summed E-state index contributed by atoms with van der Waals surface area (Å²) < 4.78 is 7.27. The van der Waals surface area contributed by atoms with Crippen molar-refractivity contribution in [3.63, 3.8) is 0 Å². The molecule has 3 aromatic rings. The Labute approximate surface area is 156 Å². The number of para-hydroxylation sites is 1. The van der Waals surface area contributed by atoms with Crippen molar-refractivity contribution >= 4 is 23.4 Å². The van der Waals surface area contributed by atoms with Gasteiger partial charge in [-0.3, -0.25) is 4.79 Å². The van der Waals surface area contributed by atoms with Gasteiger partial charge < -0.3 is 13.9 Å². The maximum absolute atomic E-state index is 12.9. The molecule has 2 aromatic heterocycles. The third-order valence-electron chi connectivity index (χ3n) is 4.60. The summed E-state index contributed by atoms with van der Waals surface area (Å²) in [6.45, 7) is 2.66. The Bertz CT molecular complexity index is 891. The highest BCUT2D eigenvalue weighted by Crippen LogP contribution is 2.31. The number of aromatic nitrogens is 3. The highest BCUT2D eigenvalue weighted by molar-refractivity contribution is 7.99. The first-order chi connectivity index (χ1) is 12.7. The van der Waals surface area contributed by atoms with Crippen LogP contribution in [0.3, 0.4) is 0 Å². The second kappa shape index (κ2) is 7.37. The third kappa shape index (κ3) is 3.39. The van der Waals surface area contributed by atoms with E-state index in [1.165, 1.54) is 17.3 Å². The highest BCUT2D eigenvalue weighted by Gasteiger charge is 2.28. The number of nitrogens with zero attached hydrogens (tertiary/aromatic N) is 4. The van der Waals surface area contributed by atoms with Crippen LogP contribution in [0, 0.1) is 0 Å². The van der Waals surface area contributed by atoms with Gasteiger partial charge in [-0.05, 0) is 43.5 Å². The lowest BCUT2D eigenvalue weighted by molar-refractivity contribution is -0.116. The molecular weight excluding hydrogens is 348 g/mol. The number of anilines is 1. The quantitative estimate of drug-likeness (QED) is 0.646. The maximum atomic E-state index is 12.9. The fraction of sp³-hybridized carbons (Fsp3) is 0.316. The van der Waals surface area contributed by atoms with Crippen LogP contribution in [0.25, 0.3) is 0 Å². The van der Waals surface area contributed by atoms with Gasteiger partial charge in [-0.15, -0.1) is 10.2 Å². The second-order valence-electron chi connectivity index (χ2n) is 6.39. The summed E-state index contributed by atoms with van der Waals surface area (Å²) in [6.07, 6.45) is 5.31. The Morgan fingerprint density at radius 3 is 3.04 bits per heavy atom. The average Bonchev–Trinajstić information content (AvgIpc) is 3.32. The van der Waals surface area contributed by atoms with E-state index in [1.54, 1.807) is 12.6 Å². The number of benzene rings is 1. The van der Waals surface area contributed by atoms with Crippen LogP contribution in [-0.2, 0) is 17.8 Å². The Kier molecular flexibility index (Phi) is 4.79. The Balaban J connectivity index is 1.46. The molecule has 3 heterocycles. The number of fused-ring (bicyclic) bond motifs is 1. The molecule has 0 N–H and O–H groups in total. The summed E-state index contributed by atoms with van der Waals surface area (Å²) in [5, 5.41) is 8.83. The van der Waals surface area contributed by atoms with Crippen LogP contribution in [0.2, 0.25) is 0 Å². The number of hydrogen-bond donors (Lipinski definition) is 0. The molecule has 1 aromatic carbocycles. The molecule has 1 amide bonds. The summed E-state index contributed by atoms with van der Waals surface area (Å²) in [5.74, 6) is 1.26. The number of carbonyl (C=O) groups excluding carboxylic acids is 1. The predicted molar refractivity (Wildman–Crippen MR) is 100 cm³/mol. The monoisotopic (exact) mass is 368 g/mol. The van der Waals surface area contributed by atoms with Crippen LogP contribution in [0.15, 0.2) is 58.6 Å². The van der Waals surface area contributed by atoms with E-state index in [9.17, 15) is 4.79 Å². The maximum Gasteiger partial charge on any atom is 0.237 e. The van der Waals surface area contributed by atoms with Crippen molar-refractivity contribution in [2.45, 2.75) is 37.5 Å². The van der Waals surface area contributed by atoms with E-state index in [0.29, 0.717) is 17.5 Å². The summed E-state index contributed by atoms with van der Waals surface area (Å²) in [6, 6.07) is 12.1. The number of aryl methyl sites for hydroxylation is 1. The molecule has 4 rings (SSSR count). The first-order valence-electron chi connectivity index (χ1n) is 8.65. The van der Waals surface area contributed by atoms with Gasteiger partial charge in [0.1, 0.15) is 12.1 Å². The van der Waals surface area contributed by atoms with E-state index in [2.05, 4.69) is 23.2 Å². The molecule has 0 bridgehead atoms. The number of carbonyl (C=O) groups is 1. The van der Waals surface area contributed by atoms with Crippen LogP contribution in [0.4, 0.5) is 5.69 Å². The molecule has 0 spiro atoms. The van der Waals surface area contributed by atoms with Crippen molar-refractivity contribution < 1.29 is 9.21 Å². The van der Waals surface area contributed by atoms with Gasteiger partial charge in [0.2, 0.25) is 5.91 Å². The number of hydrogen-bond acceptors (Lipinski definition) is 5. The molecule has 134 valence electrons. The van der Waals surface area contributed by atoms with Crippen molar-refractivity contribution in [3.8, 4) is 0 Å². The molecule has 0 fully saturated rings. The minimum atomic E-state index is 0.0993. The van der Waals surface area contributed by atoms with E-state index >= 15 is 0 Å². The van der Waals surface area contributed by atoms with Crippen molar-refractivity contribution in [1.82, 2.24) is 14.8 Å². The standard InChI is InChI=1S/C19H20N4O2S/c1-14-8-9-15-5-2-3-7-17(15)23(14)18(24)12-26-19-21-20-13-22(19)11-16-6-4-10-25-16/h2-7,10,13-14H,8-9,11-12H2,1H3. The van der Waals surface area contributed by atoms with Gasteiger partial charge in [0, 0.05) is 11.7 Å². The summed E-state index contributed by atoms with van der Waals surface area (Å²) in [7, 11) is 0. The molecule has 0 saturated carbocycles. The van der Waals surface area contributed by atoms with Crippen molar-refractivity contribution in [2.24, 2.45) is 0 Å². The summed E-state index contributed by atoms with van der Waals surface area (Å²) in [4.78, 5) is 14.9. The lowest BCUT2D eigenvalue weighted by Gasteiger charge is -2.35. The summed E-state index contributed by atoms with van der Waals surface area (Å²) >= 11 is 1.41. The Hall–Kier alpha value is -2.54. The van der Waals surface area contributed by atoms with Crippen LogP contribution >= 0.6 is 11.8 Å². The van der Waals surface area contributed by atoms with Crippen LogP contribution in [-0.4, -0.2) is 32.5 Å². The lowest BCUT2D eigenvalue weighted by atomic mass is 9.97. The largest absolute Gasteiger partial charge is 0.467 e. The normalized spacial score (nSPS) is 16.5. The highest BCUT2D eigenvalue weighted by atomic mass is 32.2. The lowest BCUT2D eigenvalue weighted by Crippen LogP contribution is -2.43. The molecular formula is C19H20N4O2S. The van der Waals surface area contributed by atoms with E-state index in [1.807, 2.05) is 39.8 Å². The van der Waals surface area contributed by atoms with Crippen LogP contribution in [0.1, 0.15) is 24.7 Å². The topological polar surface area (TPSA) is 64.2 Å².